The standard InChI is InChI=1S/C16H18N4O/c21-16(12-19-14-5-2-8-18-11-14)20-9-3-6-15(20)13-4-1-7-17-10-13/h1-2,4-5,7-8,10-11,15,19H,3,6,9,12H2. The van der Waals surface area contributed by atoms with Crippen molar-refractivity contribution in [2.45, 2.75) is 18.9 Å². The summed E-state index contributed by atoms with van der Waals surface area (Å²) < 4.78 is 0. The zero-order valence-electron chi connectivity index (χ0n) is 11.8. The number of rotatable bonds is 4. The Morgan fingerprint density at radius 2 is 2.05 bits per heavy atom. The van der Waals surface area contributed by atoms with Crippen molar-refractivity contribution in [3.8, 4) is 0 Å². The van der Waals surface area contributed by atoms with E-state index in [1.807, 2.05) is 35.4 Å². The van der Waals surface area contributed by atoms with E-state index in [9.17, 15) is 4.79 Å². The molecular weight excluding hydrogens is 264 g/mol. The van der Waals surface area contributed by atoms with Crippen molar-refractivity contribution in [2.24, 2.45) is 0 Å². The van der Waals surface area contributed by atoms with Gasteiger partial charge in [-0.25, -0.2) is 0 Å². The number of nitrogens with zero attached hydrogens (tertiary/aromatic N) is 3. The van der Waals surface area contributed by atoms with E-state index in [-0.39, 0.29) is 11.9 Å². The average molecular weight is 282 g/mol. The highest BCUT2D eigenvalue weighted by Crippen LogP contribution is 2.31. The Balaban J connectivity index is 1.64. The maximum Gasteiger partial charge on any atom is 0.242 e. The van der Waals surface area contributed by atoms with Crippen molar-refractivity contribution in [3.05, 3.63) is 54.6 Å². The summed E-state index contributed by atoms with van der Waals surface area (Å²) in [7, 11) is 0. The Hall–Kier alpha value is -2.43. The van der Waals surface area contributed by atoms with Crippen LogP contribution in [0, 0.1) is 0 Å². The lowest BCUT2D eigenvalue weighted by Crippen LogP contribution is -2.35. The van der Waals surface area contributed by atoms with Crippen LogP contribution in [0.1, 0.15) is 24.4 Å². The second-order valence-electron chi connectivity index (χ2n) is 5.13. The van der Waals surface area contributed by atoms with Crippen LogP contribution in [0.4, 0.5) is 5.69 Å². The van der Waals surface area contributed by atoms with Crippen LogP contribution in [0.5, 0.6) is 0 Å². The van der Waals surface area contributed by atoms with Gasteiger partial charge in [-0.15, -0.1) is 0 Å². The molecule has 0 bridgehead atoms. The molecule has 21 heavy (non-hydrogen) atoms. The number of aromatic nitrogens is 2. The Morgan fingerprint density at radius 1 is 1.24 bits per heavy atom. The smallest absolute Gasteiger partial charge is 0.242 e. The van der Waals surface area contributed by atoms with Crippen LogP contribution < -0.4 is 5.32 Å². The van der Waals surface area contributed by atoms with E-state index in [1.165, 1.54) is 0 Å². The summed E-state index contributed by atoms with van der Waals surface area (Å²) in [5.74, 6) is 0.116. The van der Waals surface area contributed by atoms with Crippen molar-refractivity contribution >= 4 is 11.6 Å². The topological polar surface area (TPSA) is 58.1 Å². The molecule has 1 fully saturated rings. The van der Waals surface area contributed by atoms with E-state index in [4.69, 9.17) is 0 Å². The van der Waals surface area contributed by atoms with Crippen molar-refractivity contribution in [1.29, 1.82) is 0 Å². The minimum absolute atomic E-state index is 0.116. The lowest BCUT2D eigenvalue weighted by atomic mass is 10.1. The van der Waals surface area contributed by atoms with Gasteiger partial charge in [0.1, 0.15) is 0 Å². The molecule has 0 aliphatic carbocycles. The zero-order chi connectivity index (χ0) is 14.5. The maximum absolute atomic E-state index is 12.4. The van der Waals surface area contributed by atoms with Gasteiger partial charge >= 0.3 is 0 Å². The van der Waals surface area contributed by atoms with E-state index in [0.29, 0.717) is 6.54 Å². The monoisotopic (exact) mass is 282 g/mol. The normalized spacial score (nSPS) is 17.7. The Morgan fingerprint density at radius 3 is 2.76 bits per heavy atom. The third-order valence-corrected chi connectivity index (χ3v) is 3.75. The van der Waals surface area contributed by atoms with Crippen LogP contribution in [0.3, 0.4) is 0 Å². The molecule has 108 valence electrons. The number of anilines is 1. The molecule has 5 nitrogen and oxygen atoms in total. The van der Waals surface area contributed by atoms with Gasteiger partial charge < -0.3 is 10.2 Å². The van der Waals surface area contributed by atoms with Crippen molar-refractivity contribution < 1.29 is 4.79 Å². The SMILES string of the molecule is O=C(CNc1cccnc1)N1CCCC1c1cccnc1. The third kappa shape index (κ3) is 3.18. The summed E-state index contributed by atoms with van der Waals surface area (Å²) in [5, 5.41) is 3.12. The summed E-state index contributed by atoms with van der Waals surface area (Å²) in [6, 6.07) is 7.87. The number of hydrogen-bond acceptors (Lipinski definition) is 4. The average Bonchev–Trinajstić information content (AvgIpc) is 3.04. The van der Waals surface area contributed by atoms with Gasteiger partial charge in [-0.1, -0.05) is 6.07 Å². The molecule has 0 aromatic carbocycles. The number of carbonyl (C=O) groups is 1. The largest absolute Gasteiger partial charge is 0.375 e. The Bertz CT molecular complexity index is 588. The molecule has 3 rings (SSSR count). The van der Waals surface area contributed by atoms with Crippen LogP contribution in [-0.4, -0.2) is 33.9 Å². The number of amides is 1. The molecule has 3 heterocycles. The molecule has 0 spiro atoms. The Labute approximate surface area is 124 Å². The first kappa shape index (κ1) is 13.5. The summed E-state index contributed by atoms with van der Waals surface area (Å²) in [6.07, 6.45) is 9.09. The van der Waals surface area contributed by atoms with Gasteiger partial charge in [0.25, 0.3) is 0 Å². The van der Waals surface area contributed by atoms with Crippen molar-refractivity contribution in [1.82, 2.24) is 14.9 Å². The van der Waals surface area contributed by atoms with Gasteiger partial charge in [0.2, 0.25) is 5.91 Å². The predicted molar refractivity (Wildman–Crippen MR) is 80.7 cm³/mol. The molecule has 2 aromatic heterocycles. The predicted octanol–water partition coefficient (Wildman–Crippen LogP) is 2.25. The number of pyridine rings is 2. The molecule has 1 saturated heterocycles. The number of hydrogen-bond donors (Lipinski definition) is 1. The van der Waals surface area contributed by atoms with E-state index in [1.54, 1.807) is 18.6 Å². The molecule has 0 radical (unpaired) electrons. The second kappa shape index (κ2) is 6.35. The minimum Gasteiger partial charge on any atom is -0.375 e. The number of likely N-dealkylation sites (tertiary alicyclic amines) is 1. The van der Waals surface area contributed by atoms with Crippen LogP contribution in [0.2, 0.25) is 0 Å². The molecule has 1 aliphatic rings. The van der Waals surface area contributed by atoms with Gasteiger partial charge in [-0.2, -0.15) is 0 Å². The zero-order valence-corrected chi connectivity index (χ0v) is 11.8. The quantitative estimate of drug-likeness (QED) is 0.934. The molecular formula is C16H18N4O. The van der Waals surface area contributed by atoms with E-state index < -0.39 is 0 Å². The van der Waals surface area contributed by atoms with Crippen LogP contribution >= 0.6 is 0 Å². The highest BCUT2D eigenvalue weighted by atomic mass is 16.2. The minimum atomic E-state index is 0.116. The van der Waals surface area contributed by atoms with Gasteiger partial charge in [0.15, 0.2) is 0 Å². The van der Waals surface area contributed by atoms with Gasteiger partial charge in [-0.05, 0) is 36.6 Å². The summed E-state index contributed by atoms with van der Waals surface area (Å²) in [6.45, 7) is 1.11. The third-order valence-electron chi connectivity index (χ3n) is 3.75. The van der Waals surface area contributed by atoms with Crippen LogP contribution in [0.15, 0.2) is 49.1 Å². The first-order valence-electron chi connectivity index (χ1n) is 7.18. The van der Waals surface area contributed by atoms with E-state index in [0.717, 1.165) is 30.6 Å². The van der Waals surface area contributed by atoms with Gasteiger partial charge in [0, 0.05) is 31.3 Å². The lowest BCUT2D eigenvalue weighted by molar-refractivity contribution is -0.130. The van der Waals surface area contributed by atoms with Crippen LogP contribution in [0.25, 0.3) is 0 Å². The highest BCUT2D eigenvalue weighted by molar-refractivity contribution is 5.81. The molecule has 5 heteroatoms. The lowest BCUT2D eigenvalue weighted by Gasteiger charge is -2.25. The number of carbonyl (C=O) groups excluding carboxylic acids is 1. The first-order valence-corrected chi connectivity index (χ1v) is 7.18. The highest BCUT2D eigenvalue weighted by Gasteiger charge is 2.29. The molecule has 0 saturated carbocycles. The van der Waals surface area contributed by atoms with Crippen molar-refractivity contribution in [2.75, 3.05) is 18.4 Å². The van der Waals surface area contributed by atoms with E-state index in [2.05, 4.69) is 15.3 Å². The molecule has 1 atom stereocenters. The van der Waals surface area contributed by atoms with Gasteiger partial charge in [0.05, 0.1) is 18.3 Å². The Kier molecular flexibility index (Phi) is 4.09. The van der Waals surface area contributed by atoms with Crippen molar-refractivity contribution in [3.63, 3.8) is 0 Å². The van der Waals surface area contributed by atoms with Crippen LogP contribution in [-0.2, 0) is 4.79 Å². The molecule has 1 N–H and O–H groups in total. The maximum atomic E-state index is 12.4. The summed E-state index contributed by atoms with van der Waals surface area (Å²) in [5.41, 5.74) is 1.98. The van der Waals surface area contributed by atoms with Gasteiger partial charge in [-0.3, -0.25) is 14.8 Å². The first-order chi connectivity index (χ1) is 10.3. The summed E-state index contributed by atoms with van der Waals surface area (Å²) >= 11 is 0. The fourth-order valence-electron chi connectivity index (χ4n) is 2.73. The second-order valence-corrected chi connectivity index (χ2v) is 5.13. The fraction of sp³-hybridized carbons (Fsp3) is 0.312. The summed E-state index contributed by atoms with van der Waals surface area (Å²) in [4.78, 5) is 22.6. The molecule has 1 unspecified atom stereocenters. The molecule has 2 aromatic rings. The molecule has 1 amide bonds. The molecule has 1 aliphatic heterocycles. The fourth-order valence-corrected chi connectivity index (χ4v) is 2.73. The number of nitrogens with one attached hydrogen (secondary N) is 1. The van der Waals surface area contributed by atoms with E-state index >= 15 is 0 Å².